The van der Waals surface area contributed by atoms with Gasteiger partial charge in [-0.15, -0.1) is 0 Å². The number of carbonyl (C=O) groups is 1. The molecule has 1 N–H and O–H groups in total. The van der Waals surface area contributed by atoms with E-state index < -0.39 is 0 Å². The first-order chi connectivity index (χ1) is 10.1. The summed E-state index contributed by atoms with van der Waals surface area (Å²) in [6, 6.07) is 2.23. The largest absolute Gasteiger partial charge is 0.354 e. The van der Waals surface area contributed by atoms with Crippen LogP contribution >= 0.6 is 0 Å². The van der Waals surface area contributed by atoms with Gasteiger partial charge in [0.05, 0.1) is 11.4 Å². The molecule has 6 heteroatoms. The molecule has 2 aromatic rings. The van der Waals surface area contributed by atoms with Gasteiger partial charge in [-0.2, -0.15) is 0 Å². The average molecular weight is 287 g/mol. The number of hydrogen-bond acceptors (Lipinski definition) is 4. The fraction of sp³-hybridized carbons (Fsp3) is 0.533. The molecule has 0 unspecified atom stereocenters. The highest BCUT2D eigenvalue weighted by molar-refractivity contribution is 5.87. The summed E-state index contributed by atoms with van der Waals surface area (Å²) in [6.45, 7) is 5.61. The molecular weight excluding hydrogens is 266 g/mol. The Bertz CT molecular complexity index is 652. The third-order valence-electron chi connectivity index (χ3n) is 4.55. The highest BCUT2D eigenvalue weighted by Gasteiger charge is 2.31. The predicted molar refractivity (Wildman–Crippen MR) is 82.1 cm³/mol. The fourth-order valence-electron chi connectivity index (χ4n) is 3.09. The summed E-state index contributed by atoms with van der Waals surface area (Å²) >= 11 is 0. The van der Waals surface area contributed by atoms with Crippen molar-refractivity contribution in [2.75, 3.05) is 25.0 Å². The van der Waals surface area contributed by atoms with Crippen molar-refractivity contribution in [3.05, 3.63) is 18.6 Å². The van der Waals surface area contributed by atoms with E-state index in [2.05, 4.69) is 26.8 Å². The molecule has 1 amide bonds. The molecule has 0 saturated carbocycles. The Morgan fingerprint density at radius 3 is 3.05 bits per heavy atom. The van der Waals surface area contributed by atoms with Crippen LogP contribution in [0.5, 0.6) is 0 Å². The van der Waals surface area contributed by atoms with Crippen LogP contribution in [0.3, 0.4) is 0 Å². The smallest absolute Gasteiger partial charge is 0.219 e. The number of nitrogens with zero attached hydrogens (tertiary/aromatic N) is 4. The van der Waals surface area contributed by atoms with Gasteiger partial charge >= 0.3 is 0 Å². The highest BCUT2D eigenvalue weighted by Crippen LogP contribution is 2.28. The van der Waals surface area contributed by atoms with E-state index in [1.807, 2.05) is 24.2 Å². The molecule has 1 aliphatic heterocycles. The lowest BCUT2D eigenvalue weighted by atomic mass is 9.92. The lowest BCUT2D eigenvalue weighted by Gasteiger charge is -2.42. The first kappa shape index (κ1) is 13.9. The normalized spacial score (nSPS) is 22.5. The van der Waals surface area contributed by atoms with Crippen LogP contribution in [0.15, 0.2) is 18.6 Å². The van der Waals surface area contributed by atoms with Crippen LogP contribution in [-0.4, -0.2) is 51.9 Å². The van der Waals surface area contributed by atoms with Gasteiger partial charge in [0.25, 0.3) is 0 Å². The number of likely N-dealkylation sites (N-methyl/N-ethyl adjacent to an activating group) is 1. The van der Waals surface area contributed by atoms with Crippen LogP contribution < -0.4 is 4.90 Å². The molecule has 2 atom stereocenters. The molecule has 1 aliphatic rings. The third-order valence-corrected chi connectivity index (χ3v) is 4.55. The molecule has 0 aromatic carbocycles. The van der Waals surface area contributed by atoms with Crippen molar-refractivity contribution in [1.82, 2.24) is 19.9 Å². The molecule has 0 aliphatic carbocycles. The van der Waals surface area contributed by atoms with Gasteiger partial charge in [0.15, 0.2) is 0 Å². The van der Waals surface area contributed by atoms with E-state index in [0.29, 0.717) is 5.92 Å². The van der Waals surface area contributed by atoms with Crippen molar-refractivity contribution in [3.63, 3.8) is 0 Å². The number of amides is 1. The quantitative estimate of drug-likeness (QED) is 0.912. The molecule has 0 spiro atoms. The number of H-pyrrole nitrogens is 1. The maximum Gasteiger partial charge on any atom is 0.219 e. The Labute approximate surface area is 124 Å². The molecule has 3 heterocycles. The zero-order chi connectivity index (χ0) is 15.0. The summed E-state index contributed by atoms with van der Waals surface area (Å²) < 4.78 is 0. The van der Waals surface area contributed by atoms with Crippen LogP contribution in [0.1, 0.15) is 20.3 Å². The topological polar surface area (TPSA) is 65.1 Å². The molecule has 112 valence electrons. The number of aromatic amines is 1. The Morgan fingerprint density at radius 1 is 1.48 bits per heavy atom. The van der Waals surface area contributed by atoms with Gasteiger partial charge in [-0.05, 0) is 18.4 Å². The Morgan fingerprint density at radius 2 is 2.29 bits per heavy atom. The van der Waals surface area contributed by atoms with E-state index in [0.717, 1.165) is 36.4 Å². The van der Waals surface area contributed by atoms with Crippen molar-refractivity contribution in [3.8, 4) is 0 Å². The van der Waals surface area contributed by atoms with Crippen molar-refractivity contribution in [2.45, 2.75) is 26.3 Å². The van der Waals surface area contributed by atoms with E-state index in [9.17, 15) is 4.79 Å². The van der Waals surface area contributed by atoms with Crippen molar-refractivity contribution in [1.29, 1.82) is 0 Å². The molecule has 21 heavy (non-hydrogen) atoms. The van der Waals surface area contributed by atoms with Gasteiger partial charge in [0.1, 0.15) is 17.8 Å². The number of rotatable bonds is 2. The summed E-state index contributed by atoms with van der Waals surface area (Å²) in [4.78, 5) is 27.6. The summed E-state index contributed by atoms with van der Waals surface area (Å²) in [5.74, 6) is 1.57. The Kier molecular flexibility index (Phi) is 3.53. The van der Waals surface area contributed by atoms with Gasteiger partial charge in [0, 0.05) is 33.3 Å². The van der Waals surface area contributed by atoms with Gasteiger partial charge < -0.3 is 14.8 Å². The molecule has 3 rings (SSSR count). The van der Waals surface area contributed by atoms with E-state index in [1.54, 1.807) is 13.3 Å². The van der Waals surface area contributed by atoms with Gasteiger partial charge in [-0.25, -0.2) is 9.97 Å². The Balaban J connectivity index is 1.89. The predicted octanol–water partition coefficient (Wildman–Crippen LogP) is 1.65. The molecular formula is C15H21N5O. The summed E-state index contributed by atoms with van der Waals surface area (Å²) in [5.41, 5.74) is 0.857. The maximum atomic E-state index is 11.7. The van der Waals surface area contributed by atoms with Gasteiger partial charge in [0.2, 0.25) is 5.91 Å². The standard InChI is InChI=1S/C15H21N5O/c1-10-5-7-20(8-13(10)19(3)11(2)21)15-12-4-6-16-14(12)17-9-18-15/h4,6,9-10,13H,5,7-8H2,1-3H3,(H,16,17,18)/t10-,13+/m1/s1. The number of nitrogens with one attached hydrogen (secondary N) is 1. The van der Waals surface area contributed by atoms with E-state index >= 15 is 0 Å². The molecule has 2 aromatic heterocycles. The van der Waals surface area contributed by atoms with Crippen molar-refractivity contribution < 1.29 is 4.79 Å². The summed E-state index contributed by atoms with van der Waals surface area (Å²) in [6.07, 6.45) is 4.53. The number of carbonyl (C=O) groups excluding carboxylic acids is 1. The monoisotopic (exact) mass is 287 g/mol. The van der Waals surface area contributed by atoms with Crippen molar-refractivity contribution >= 4 is 22.8 Å². The van der Waals surface area contributed by atoms with Gasteiger partial charge in [-0.1, -0.05) is 6.92 Å². The van der Waals surface area contributed by atoms with Crippen molar-refractivity contribution in [2.24, 2.45) is 5.92 Å². The van der Waals surface area contributed by atoms with Crippen LogP contribution in [0, 0.1) is 5.92 Å². The third kappa shape index (κ3) is 2.46. The first-order valence-electron chi connectivity index (χ1n) is 7.34. The summed E-state index contributed by atoms with van der Waals surface area (Å²) in [5, 5.41) is 1.04. The minimum atomic E-state index is 0.114. The summed E-state index contributed by atoms with van der Waals surface area (Å²) in [7, 11) is 1.89. The molecule has 0 bridgehead atoms. The Hall–Kier alpha value is -2.11. The van der Waals surface area contributed by atoms with Gasteiger partial charge in [-0.3, -0.25) is 4.79 Å². The zero-order valence-corrected chi connectivity index (χ0v) is 12.7. The van der Waals surface area contributed by atoms with Crippen LogP contribution in [-0.2, 0) is 4.79 Å². The number of anilines is 1. The number of aromatic nitrogens is 3. The van der Waals surface area contributed by atoms with E-state index in [1.165, 1.54) is 0 Å². The zero-order valence-electron chi connectivity index (χ0n) is 12.7. The molecule has 0 radical (unpaired) electrons. The van der Waals surface area contributed by atoms with Crippen LogP contribution in [0.4, 0.5) is 5.82 Å². The average Bonchev–Trinajstić information content (AvgIpc) is 2.95. The lowest BCUT2D eigenvalue weighted by molar-refractivity contribution is -0.130. The van der Waals surface area contributed by atoms with E-state index in [4.69, 9.17) is 0 Å². The number of fused-ring (bicyclic) bond motifs is 1. The second-order valence-electron chi connectivity index (χ2n) is 5.85. The number of hydrogen-bond donors (Lipinski definition) is 1. The lowest BCUT2D eigenvalue weighted by Crippen LogP contribution is -2.52. The SMILES string of the molecule is CC(=O)N(C)[C@H]1CN(c2ncnc3[nH]ccc23)CC[C@H]1C. The second-order valence-corrected chi connectivity index (χ2v) is 5.85. The minimum absolute atomic E-state index is 0.114. The second kappa shape index (κ2) is 5.35. The first-order valence-corrected chi connectivity index (χ1v) is 7.34. The highest BCUT2D eigenvalue weighted by atomic mass is 16.2. The maximum absolute atomic E-state index is 11.7. The van der Waals surface area contributed by atoms with E-state index in [-0.39, 0.29) is 11.9 Å². The van der Waals surface area contributed by atoms with Crippen LogP contribution in [0.25, 0.3) is 11.0 Å². The fourth-order valence-corrected chi connectivity index (χ4v) is 3.09. The molecule has 1 fully saturated rings. The number of piperidine rings is 1. The molecule has 6 nitrogen and oxygen atoms in total. The minimum Gasteiger partial charge on any atom is -0.354 e. The van der Waals surface area contributed by atoms with Crippen LogP contribution in [0.2, 0.25) is 0 Å². The molecule has 1 saturated heterocycles.